The van der Waals surface area contributed by atoms with E-state index in [4.69, 9.17) is 4.74 Å². The van der Waals surface area contributed by atoms with E-state index in [2.05, 4.69) is 25.7 Å². The molecular formula is C10H21NO. The molecule has 0 aromatic heterocycles. The summed E-state index contributed by atoms with van der Waals surface area (Å²) in [4.78, 5) is 2.55. The molecule has 0 spiro atoms. The molecule has 1 aliphatic rings. The maximum Gasteiger partial charge on any atom is 0.0618 e. The fourth-order valence-electron chi connectivity index (χ4n) is 2.17. The van der Waals surface area contributed by atoms with Crippen molar-refractivity contribution in [3.63, 3.8) is 0 Å². The van der Waals surface area contributed by atoms with E-state index in [1.165, 1.54) is 13.0 Å². The number of rotatable bonds is 3. The van der Waals surface area contributed by atoms with Crippen molar-refractivity contribution in [1.29, 1.82) is 0 Å². The number of nitrogens with zero attached hydrogens (tertiary/aromatic N) is 1. The van der Waals surface area contributed by atoms with E-state index in [1.54, 1.807) is 7.11 Å². The lowest BCUT2D eigenvalue weighted by Gasteiger charge is -2.27. The van der Waals surface area contributed by atoms with Crippen molar-refractivity contribution in [2.24, 2.45) is 5.92 Å². The van der Waals surface area contributed by atoms with Gasteiger partial charge in [-0.05, 0) is 26.2 Å². The number of ether oxygens (including phenoxy) is 1. The first-order chi connectivity index (χ1) is 5.65. The summed E-state index contributed by atoms with van der Waals surface area (Å²) < 4.78 is 5.21. The van der Waals surface area contributed by atoms with Gasteiger partial charge in [0.2, 0.25) is 0 Å². The highest BCUT2D eigenvalue weighted by molar-refractivity contribution is 4.84. The molecule has 0 aliphatic carbocycles. The van der Waals surface area contributed by atoms with Crippen LogP contribution < -0.4 is 0 Å². The Labute approximate surface area is 75.9 Å². The molecule has 0 unspecified atom stereocenters. The van der Waals surface area contributed by atoms with Crippen LogP contribution in [0.5, 0.6) is 0 Å². The largest absolute Gasteiger partial charge is 0.383 e. The first-order valence-electron chi connectivity index (χ1n) is 4.89. The molecule has 0 N–H and O–H groups in total. The Morgan fingerprint density at radius 3 is 2.67 bits per heavy atom. The summed E-state index contributed by atoms with van der Waals surface area (Å²) in [5.74, 6) is 0.840. The monoisotopic (exact) mass is 171 g/mol. The summed E-state index contributed by atoms with van der Waals surface area (Å²) in [5, 5.41) is 0. The summed E-state index contributed by atoms with van der Waals surface area (Å²) in [6, 6.07) is 1.32. The molecule has 2 nitrogen and oxygen atoms in total. The van der Waals surface area contributed by atoms with Gasteiger partial charge in [-0.3, -0.25) is 4.90 Å². The SMILES string of the molecule is COC[C@@H]1C[C@@H](C)CN1C(C)C. The fraction of sp³-hybridized carbons (Fsp3) is 1.00. The van der Waals surface area contributed by atoms with Crippen molar-refractivity contribution in [3.05, 3.63) is 0 Å². The number of hydrogen-bond donors (Lipinski definition) is 0. The van der Waals surface area contributed by atoms with E-state index in [1.807, 2.05) is 0 Å². The van der Waals surface area contributed by atoms with Crippen molar-refractivity contribution in [2.45, 2.75) is 39.3 Å². The minimum Gasteiger partial charge on any atom is -0.383 e. The van der Waals surface area contributed by atoms with Gasteiger partial charge in [0.1, 0.15) is 0 Å². The lowest BCUT2D eigenvalue weighted by molar-refractivity contribution is 0.0982. The average Bonchev–Trinajstić information content (AvgIpc) is 2.32. The molecular weight excluding hydrogens is 150 g/mol. The number of hydrogen-bond acceptors (Lipinski definition) is 2. The zero-order chi connectivity index (χ0) is 9.14. The Morgan fingerprint density at radius 1 is 1.50 bits per heavy atom. The van der Waals surface area contributed by atoms with Gasteiger partial charge in [0.05, 0.1) is 6.61 Å². The highest BCUT2D eigenvalue weighted by Gasteiger charge is 2.30. The molecule has 1 heterocycles. The first kappa shape index (κ1) is 10.0. The van der Waals surface area contributed by atoms with Gasteiger partial charge in [0, 0.05) is 25.7 Å². The van der Waals surface area contributed by atoms with Crippen molar-refractivity contribution in [2.75, 3.05) is 20.3 Å². The molecule has 1 saturated heterocycles. The standard InChI is InChI=1S/C10H21NO/c1-8(2)11-6-9(3)5-10(11)7-12-4/h8-10H,5-7H2,1-4H3/t9-,10+/m1/s1. The fourth-order valence-corrected chi connectivity index (χ4v) is 2.17. The van der Waals surface area contributed by atoms with Crippen molar-refractivity contribution < 1.29 is 4.74 Å². The van der Waals surface area contributed by atoms with Crippen molar-refractivity contribution in [3.8, 4) is 0 Å². The van der Waals surface area contributed by atoms with Crippen LogP contribution in [0.4, 0.5) is 0 Å². The van der Waals surface area contributed by atoms with Gasteiger partial charge in [-0.2, -0.15) is 0 Å². The van der Waals surface area contributed by atoms with E-state index in [-0.39, 0.29) is 0 Å². The van der Waals surface area contributed by atoms with E-state index >= 15 is 0 Å². The summed E-state index contributed by atoms with van der Waals surface area (Å²) >= 11 is 0. The molecule has 12 heavy (non-hydrogen) atoms. The van der Waals surface area contributed by atoms with Crippen LogP contribution in [-0.4, -0.2) is 37.2 Å². The quantitative estimate of drug-likeness (QED) is 0.641. The maximum absolute atomic E-state index is 5.21. The van der Waals surface area contributed by atoms with E-state index in [0.29, 0.717) is 12.1 Å². The highest BCUT2D eigenvalue weighted by Crippen LogP contribution is 2.24. The Kier molecular flexibility index (Phi) is 3.53. The van der Waals surface area contributed by atoms with Gasteiger partial charge in [0.25, 0.3) is 0 Å². The Bertz CT molecular complexity index is 136. The Balaban J connectivity index is 2.47. The van der Waals surface area contributed by atoms with Gasteiger partial charge in [0.15, 0.2) is 0 Å². The molecule has 72 valence electrons. The van der Waals surface area contributed by atoms with Crippen LogP contribution in [0.3, 0.4) is 0 Å². The normalized spacial score (nSPS) is 31.8. The smallest absolute Gasteiger partial charge is 0.0618 e. The van der Waals surface area contributed by atoms with Gasteiger partial charge in [-0.1, -0.05) is 6.92 Å². The lowest BCUT2D eigenvalue weighted by Crippen LogP contribution is -2.38. The van der Waals surface area contributed by atoms with Gasteiger partial charge < -0.3 is 4.74 Å². The Morgan fingerprint density at radius 2 is 2.17 bits per heavy atom. The zero-order valence-electron chi connectivity index (χ0n) is 8.71. The average molecular weight is 171 g/mol. The van der Waals surface area contributed by atoms with Crippen LogP contribution in [0, 0.1) is 5.92 Å². The molecule has 1 fully saturated rings. The minimum absolute atomic E-state index is 0.657. The maximum atomic E-state index is 5.21. The van der Waals surface area contributed by atoms with Gasteiger partial charge in [-0.25, -0.2) is 0 Å². The predicted molar refractivity (Wildman–Crippen MR) is 51.3 cm³/mol. The molecule has 2 atom stereocenters. The van der Waals surface area contributed by atoms with Crippen molar-refractivity contribution in [1.82, 2.24) is 4.90 Å². The van der Waals surface area contributed by atoms with Crippen LogP contribution in [0.2, 0.25) is 0 Å². The lowest BCUT2D eigenvalue weighted by atomic mass is 10.1. The number of likely N-dealkylation sites (tertiary alicyclic amines) is 1. The molecule has 0 bridgehead atoms. The molecule has 0 aromatic carbocycles. The van der Waals surface area contributed by atoms with Gasteiger partial charge >= 0.3 is 0 Å². The molecule has 0 radical (unpaired) electrons. The summed E-state index contributed by atoms with van der Waals surface area (Å²) in [5.41, 5.74) is 0. The minimum atomic E-state index is 0.657. The van der Waals surface area contributed by atoms with Crippen LogP contribution >= 0.6 is 0 Å². The third-order valence-corrected chi connectivity index (χ3v) is 2.69. The van der Waals surface area contributed by atoms with E-state index in [9.17, 15) is 0 Å². The van der Waals surface area contributed by atoms with Crippen molar-refractivity contribution >= 4 is 0 Å². The molecule has 1 aliphatic heterocycles. The van der Waals surface area contributed by atoms with Gasteiger partial charge in [-0.15, -0.1) is 0 Å². The second-order valence-corrected chi connectivity index (χ2v) is 4.24. The molecule has 2 heteroatoms. The summed E-state index contributed by atoms with van der Waals surface area (Å²) in [6.45, 7) is 8.99. The molecule has 0 aromatic rings. The van der Waals surface area contributed by atoms with Crippen LogP contribution in [-0.2, 0) is 4.74 Å². The van der Waals surface area contributed by atoms with Crippen LogP contribution in [0.1, 0.15) is 27.2 Å². The van der Waals surface area contributed by atoms with E-state index in [0.717, 1.165) is 12.5 Å². The predicted octanol–water partition coefficient (Wildman–Crippen LogP) is 1.75. The zero-order valence-corrected chi connectivity index (χ0v) is 8.71. The second kappa shape index (κ2) is 4.24. The second-order valence-electron chi connectivity index (χ2n) is 4.24. The summed E-state index contributed by atoms with van der Waals surface area (Å²) in [6.07, 6.45) is 1.30. The summed E-state index contributed by atoms with van der Waals surface area (Å²) in [7, 11) is 1.79. The Hall–Kier alpha value is -0.0800. The molecule has 1 rings (SSSR count). The molecule has 0 amide bonds. The highest BCUT2D eigenvalue weighted by atomic mass is 16.5. The van der Waals surface area contributed by atoms with Crippen LogP contribution in [0.15, 0.2) is 0 Å². The third kappa shape index (κ3) is 2.20. The molecule has 0 saturated carbocycles. The van der Waals surface area contributed by atoms with Crippen LogP contribution in [0.25, 0.3) is 0 Å². The van der Waals surface area contributed by atoms with E-state index < -0.39 is 0 Å². The number of methoxy groups -OCH3 is 1. The topological polar surface area (TPSA) is 12.5 Å². The first-order valence-corrected chi connectivity index (χ1v) is 4.89. The third-order valence-electron chi connectivity index (χ3n) is 2.69.